The molecular formula is C13H15F3N4O5S2. The van der Waals surface area contributed by atoms with Crippen LogP contribution >= 0.6 is 11.1 Å². The maximum Gasteiger partial charge on any atom is 0.417 e. The van der Waals surface area contributed by atoms with E-state index >= 15 is 0 Å². The molecule has 9 nitrogen and oxygen atoms in total. The van der Waals surface area contributed by atoms with Crippen LogP contribution in [0.1, 0.15) is 12.5 Å². The van der Waals surface area contributed by atoms with Gasteiger partial charge in [-0.25, -0.2) is 12.7 Å². The maximum absolute atomic E-state index is 13.3. The number of benzene rings is 1. The first-order valence-corrected chi connectivity index (χ1v) is 9.75. The number of alkyl halides is 3. The van der Waals surface area contributed by atoms with Gasteiger partial charge in [0.25, 0.3) is 5.82 Å². The van der Waals surface area contributed by atoms with Crippen LogP contribution in [0.5, 0.6) is 11.6 Å². The predicted molar refractivity (Wildman–Crippen MR) is 89.1 cm³/mol. The summed E-state index contributed by atoms with van der Waals surface area (Å²) in [5, 5.41) is 12.7. The van der Waals surface area contributed by atoms with E-state index in [-0.39, 0.29) is 18.3 Å². The third-order valence-electron chi connectivity index (χ3n) is 3.24. The van der Waals surface area contributed by atoms with E-state index in [1.165, 1.54) is 0 Å². The van der Waals surface area contributed by atoms with Crippen LogP contribution < -0.4 is 10.1 Å². The second-order valence-corrected chi connectivity index (χ2v) is 8.16. The SMILES string of the molecule is CCOc1n[s+]([O-])nc1Nc1ccc(C(F)(F)F)c(S(=O)(=O)N(C)C)c1O. The Morgan fingerprint density at radius 3 is 2.48 bits per heavy atom. The van der Waals surface area contributed by atoms with Crippen molar-refractivity contribution in [3.63, 3.8) is 0 Å². The molecule has 1 heterocycles. The summed E-state index contributed by atoms with van der Waals surface area (Å²) in [4.78, 5) is -1.32. The lowest BCUT2D eigenvalue weighted by Gasteiger charge is -2.19. The van der Waals surface area contributed by atoms with Crippen LogP contribution in [0.15, 0.2) is 17.0 Å². The third-order valence-corrected chi connectivity index (χ3v) is 5.79. The molecule has 150 valence electrons. The van der Waals surface area contributed by atoms with Crippen molar-refractivity contribution in [2.24, 2.45) is 0 Å². The van der Waals surface area contributed by atoms with Gasteiger partial charge in [-0.2, -0.15) is 13.2 Å². The fourth-order valence-electron chi connectivity index (χ4n) is 2.03. The molecule has 0 aliphatic carbocycles. The van der Waals surface area contributed by atoms with E-state index in [1.54, 1.807) is 6.92 Å². The summed E-state index contributed by atoms with van der Waals surface area (Å²) in [6.07, 6.45) is -5.03. The Labute approximate surface area is 155 Å². The van der Waals surface area contributed by atoms with Gasteiger partial charge in [-0.05, 0) is 19.1 Å². The zero-order valence-electron chi connectivity index (χ0n) is 14.2. The van der Waals surface area contributed by atoms with Crippen LogP contribution in [0, 0.1) is 0 Å². The summed E-state index contributed by atoms with van der Waals surface area (Å²) < 4.78 is 88.6. The van der Waals surface area contributed by atoms with Gasteiger partial charge in [0, 0.05) is 22.8 Å². The molecule has 2 rings (SSSR count). The van der Waals surface area contributed by atoms with Gasteiger partial charge >= 0.3 is 12.1 Å². The molecule has 0 saturated carbocycles. The van der Waals surface area contributed by atoms with Gasteiger partial charge in [0.2, 0.25) is 10.0 Å². The Morgan fingerprint density at radius 2 is 1.96 bits per heavy atom. The lowest BCUT2D eigenvalue weighted by atomic mass is 10.1. The minimum atomic E-state index is -5.03. The van der Waals surface area contributed by atoms with E-state index in [0.717, 1.165) is 20.2 Å². The number of phenols is 1. The molecule has 0 bridgehead atoms. The van der Waals surface area contributed by atoms with E-state index in [2.05, 4.69) is 14.1 Å². The summed E-state index contributed by atoms with van der Waals surface area (Å²) in [6.45, 7) is 1.74. The molecule has 0 amide bonds. The van der Waals surface area contributed by atoms with Crippen molar-refractivity contribution < 1.29 is 36.0 Å². The van der Waals surface area contributed by atoms with Crippen LogP contribution in [0.4, 0.5) is 24.7 Å². The van der Waals surface area contributed by atoms with Crippen molar-refractivity contribution >= 4 is 32.7 Å². The highest BCUT2D eigenvalue weighted by molar-refractivity contribution is 7.89. The molecule has 14 heteroatoms. The molecule has 0 aliphatic heterocycles. The van der Waals surface area contributed by atoms with Crippen molar-refractivity contribution in [3.8, 4) is 11.6 Å². The monoisotopic (exact) mass is 428 g/mol. The molecular weight excluding hydrogens is 413 g/mol. The fraction of sp³-hybridized carbons (Fsp3) is 0.385. The van der Waals surface area contributed by atoms with Crippen molar-refractivity contribution in [2.45, 2.75) is 18.0 Å². The highest BCUT2D eigenvalue weighted by Crippen LogP contribution is 2.44. The van der Waals surface area contributed by atoms with Crippen molar-refractivity contribution in [1.29, 1.82) is 0 Å². The number of hydrogen-bond donors (Lipinski definition) is 2. The van der Waals surface area contributed by atoms with Gasteiger partial charge in [-0.3, -0.25) is 0 Å². The van der Waals surface area contributed by atoms with Crippen molar-refractivity contribution in [3.05, 3.63) is 17.7 Å². The predicted octanol–water partition coefficient (Wildman–Crippen LogP) is 2.32. The van der Waals surface area contributed by atoms with Crippen LogP contribution in [0.3, 0.4) is 0 Å². The number of phenolic OH excluding ortho intramolecular Hbond substituents is 1. The van der Waals surface area contributed by atoms with Gasteiger partial charge in [-0.15, -0.1) is 0 Å². The van der Waals surface area contributed by atoms with E-state index in [0.29, 0.717) is 10.4 Å². The Hall–Kier alpha value is -2.16. The van der Waals surface area contributed by atoms with E-state index in [9.17, 15) is 31.2 Å². The Bertz CT molecular complexity index is 944. The number of halogens is 3. The summed E-state index contributed by atoms with van der Waals surface area (Å²) in [6, 6.07) is 1.32. The van der Waals surface area contributed by atoms with Gasteiger partial charge in [0.1, 0.15) is 4.90 Å². The summed E-state index contributed by atoms with van der Waals surface area (Å²) in [5.74, 6) is -1.58. The van der Waals surface area contributed by atoms with Crippen LogP contribution in [0.2, 0.25) is 0 Å². The number of ether oxygens (including phenoxy) is 1. The van der Waals surface area contributed by atoms with Gasteiger partial charge in [0.05, 0.1) is 17.9 Å². The normalized spacial score (nSPS) is 13.1. The van der Waals surface area contributed by atoms with Gasteiger partial charge in [0.15, 0.2) is 16.9 Å². The Morgan fingerprint density at radius 1 is 1.33 bits per heavy atom. The number of sulfonamides is 1. The highest BCUT2D eigenvalue weighted by atomic mass is 32.2. The molecule has 0 radical (unpaired) electrons. The second kappa shape index (κ2) is 7.46. The molecule has 0 saturated heterocycles. The lowest BCUT2D eigenvalue weighted by molar-refractivity contribution is -0.140. The average Bonchev–Trinajstić information content (AvgIpc) is 2.87. The maximum atomic E-state index is 13.3. The first-order valence-electron chi connectivity index (χ1n) is 7.24. The number of aromatic hydroxyl groups is 1. The van der Waals surface area contributed by atoms with Crippen LogP contribution in [-0.4, -0.2) is 51.8 Å². The van der Waals surface area contributed by atoms with E-state index in [4.69, 9.17) is 4.74 Å². The molecule has 2 N–H and O–H groups in total. The second-order valence-electron chi connectivity index (χ2n) is 5.25. The first-order chi connectivity index (χ1) is 12.4. The Kier molecular flexibility index (Phi) is 5.84. The summed E-state index contributed by atoms with van der Waals surface area (Å²) in [7, 11) is -2.60. The van der Waals surface area contributed by atoms with Gasteiger partial charge in [-0.1, -0.05) is 0 Å². The molecule has 27 heavy (non-hydrogen) atoms. The highest BCUT2D eigenvalue weighted by Gasteiger charge is 2.41. The zero-order valence-corrected chi connectivity index (χ0v) is 15.9. The average molecular weight is 428 g/mol. The largest absolute Gasteiger partial charge is 0.546 e. The quantitative estimate of drug-likeness (QED) is 0.530. The zero-order chi connectivity index (χ0) is 20.6. The topological polar surface area (TPSA) is 128 Å². The standard InChI is InChI=1S/C13H15F3N4O5S2/c1-4-25-12-11(18-26(22)19-12)17-8-6-5-7(13(14,15)16)10(9(8)21)27(23,24)20(2)3/h5-6,21H,4H2,1-3H3,(H,17,18). The number of anilines is 2. The molecule has 1 aromatic carbocycles. The number of hydrogen-bond acceptors (Lipinski definition) is 8. The minimum Gasteiger partial charge on any atom is -0.546 e. The van der Waals surface area contributed by atoms with Crippen molar-refractivity contribution in [2.75, 3.05) is 26.0 Å². The molecule has 0 spiro atoms. The molecule has 1 atom stereocenters. The molecule has 1 unspecified atom stereocenters. The lowest BCUT2D eigenvalue weighted by Crippen LogP contribution is -2.25. The third kappa shape index (κ3) is 4.23. The number of nitrogens with one attached hydrogen (secondary N) is 1. The van der Waals surface area contributed by atoms with Crippen LogP contribution in [0.25, 0.3) is 0 Å². The number of nitrogens with zero attached hydrogens (tertiary/aromatic N) is 3. The molecule has 0 fully saturated rings. The Balaban J connectivity index is 2.65. The van der Waals surface area contributed by atoms with Gasteiger partial charge < -0.3 is 19.7 Å². The fourth-order valence-corrected chi connectivity index (χ4v) is 3.81. The summed E-state index contributed by atoms with van der Waals surface area (Å²) >= 11 is -2.01. The number of aromatic nitrogens is 2. The van der Waals surface area contributed by atoms with Crippen molar-refractivity contribution in [1.82, 2.24) is 13.1 Å². The molecule has 0 aliphatic rings. The van der Waals surface area contributed by atoms with Crippen LogP contribution in [-0.2, 0) is 16.2 Å². The molecule has 2 aromatic rings. The van der Waals surface area contributed by atoms with E-state index in [1.807, 2.05) is 0 Å². The number of rotatable bonds is 6. The summed E-state index contributed by atoms with van der Waals surface area (Å²) in [5.41, 5.74) is -1.94. The smallest absolute Gasteiger partial charge is 0.417 e. The molecule has 1 aromatic heterocycles. The van der Waals surface area contributed by atoms with E-state index < -0.39 is 49.2 Å². The minimum absolute atomic E-state index is 0.135. The first kappa shape index (κ1) is 21.1.